The highest BCUT2D eigenvalue weighted by molar-refractivity contribution is 5.85. The molecule has 0 amide bonds. The lowest BCUT2D eigenvalue weighted by Gasteiger charge is -2.15. The van der Waals surface area contributed by atoms with Crippen molar-refractivity contribution in [3.05, 3.63) is 23.3 Å². The highest BCUT2D eigenvalue weighted by atomic mass is 35.5. The first-order valence-electron chi connectivity index (χ1n) is 4.41. The third-order valence-electron chi connectivity index (χ3n) is 2.28. The summed E-state index contributed by atoms with van der Waals surface area (Å²) in [6.07, 6.45) is 0.790. The lowest BCUT2D eigenvalue weighted by molar-refractivity contribution is 0.462. The standard InChI is InChI=1S/C10H16N2O.ClH/c1-3-7(11)9-6(2)4-5-8(12)10(9)13;/h4-5,7,13H,3,11-12H2,1-2H3;1H/t7-;/m1./s1. The van der Waals surface area contributed by atoms with E-state index < -0.39 is 0 Å². The van der Waals surface area contributed by atoms with E-state index in [0.717, 1.165) is 17.5 Å². The van der Waals surface area contributed by atoms with E-state index in [9.17, 15) is 5.11 Å². The smallest absolute Gasteiger partial charge is 0.143 e. The SMILES string of the molecule is CC[C@@H](N)c1c(C)ccc(N)c1O.Cl. The van der Waals surface area contributed by atoms with Gasteiger partial charge in [0.15, 0.2) is 0 Å². The molecular weight excluding hydrogens is 200 g/mol. The molecule has 0 aliphatic heterocycles. The molecule has 5 N–H and O–H groups in total. The number of benzene rings is 1. The minimum Gasteiger partial charge on any atom is -0.505 e. The van der Waals surface area contributed by atoms with Crippen molar-refractivity contribution in [3.63, 3.8) is 0 Å². The number of halogens is 1. The van der Waals surface area contributed by atoms with Crippen molar-refractivity contribution in [2.24, 2.45) is 5.73 Å². The third kappa shape index (κ3) is 2.30. The van der Waals surface area contributed by atoms with Crippen LogP contribution in [-0.4, -0.2) is 5.11 Å². The van der Waals surface area contributed by atoms with Crippen LogP contribution in [0.3, 0.4) is 0 Å². The number of nitrogens with two attached hydrogens (primary N) is 2. The van der Waals surface area contributed by atoms with Gasteiger partial charge in [-0.1, -0.05) is 13.0 Å². The Balaban J connectivity index is 0.00000169. The van der Waals surface area contributed by atoms with E-state index >= 15 is 0 Å². The van der Waals surface area contributed by atoms with Gasteiger partial charge in [0, 0.05) is 11.6 Å². The lowest BCUT2D eigenvalue weighted by atomic mass is 9.98. The highest BCUT2D eigenvalue weighted by Gasteiger charge is 2.13. The number of hydrogen-bond donors (Lipinski definition) is 3. The number of phenolic OH excluding ortho intramolecular Hbond substituents is 1. The molecule has 3 nitrogen and oxygen atoms in total. The van der Waals surface area contributed by atoms with Crippen molar-refractivity contribution < 1.29 is 5.11 Å². The number of hydrogen-bond acceptors (Lipinski definition) is 3. The van der Waals surface area contributed by atoms with Gasteiger partial charge >= 0.3 is 0 Å². The molecule has 0 unspecified atom stereocenters. The first-order valence-corrected chi connectivity index (χ1v) is 4.41. The predicted molar refractivity (Wildman–Crippen MR) is 61.7 cm³/mol. The van der Waals surface area contributed by atoms with Crippen molar-refractivity contribution in [1.82, 2.24) is 0 Å². The third-order valence-corrected chi connectivity index (χ3v) is 2.28. The summed E-state index contributed by atoms with van der Waals surface area (Å²) in [5.41, 5.74) is 13.6. The van der Waals surface area contributed by atoms with Crippen molar-refractivity contribution in [1.29, 1.82) is 0 Å². The molecule has 14 heavy (non-hydrogen) atoms. The molecule has 1 aromatic rings. The van der Waals surface area contributed by atoms with E-state index in [1.54, 1.807) is 6.07 Å². The molecule has 80 valence electrons. The molecule has 1 atom stereocenters. The van der Waals surface area contributed by atoms with Gasteiger partial charge in [0.05, 0.1) is 5.69 Å². The summed E-state index contributed by atoms with van der Waals surface area (Å²) in [4.78, 5) is 0. The molecule has 0 fully saturated rings. The van der Waals surface area contributed by atoms with Gasteiger partial charge in [-0.15, -0.1) is 12.4 Å². The van der Waals surface area contributed by atoms with Gasteiger partial charge in [0.25, 0.3) is 0 Å². The Bertz CT molecular complexity index is 315. The minimum absolute atomic E-state index is 0. The number of phenols is 1. The quantitative estimate of drug-likeness (QED) is 0.524. The van der Waals surface area contributed by atoms with E-state index in [0.29, 0.717) is 5.69 Å². The van der Waals surface area contributed by atoms with Crippen molar-refractivity contribution in [2.75, 3.05) is 5.73 Å². The zero-order valence-electron chi connectivity index (χ0n) is 8.45. The fourth-order valence-corrected chi connectivity index (χ4v) is 1.40. The molecular formula is C10H17ClN2O. The van der Waals surface area contributed by atoms with Gasteiger partial charge < -0.3 is 16.6 Å². The number of rotatable bonds is 2. The van der Waals surface area contributed by atoms with Gasteiger partial charge in [0.2, 0.25) is 0 Å². The Hall–Kier alpha value is -0.930. The summed E-state index contributed by atoms with van der Waals surface area (Å²) in [7, 11) is 0. The second kappa shape index (κ2) is 5.08. The van der Waals surface area contributed by atoms with Crippen LogP contribution < -0.4 is 11.5 Å². The largest absolute Gasteiger partial charge is 0.505 e. The summed E-state index contributed by atoms with van der Waals surface area (Å²) >= 11 is 0. The first-order chi connectivity index (χ1) is 6.07. The summed E-state index contributed by atoms with van der Waals surface area (Å²) in [6, 6.07) is 3.43. The molecule has 0 radical (unpaired) electrons. The lowest BCUT2D eigenvalue weighted by Crippen LogP contribution is -2.11. The Morgan fingerprint density at radius 2 is 2.00 bits per heavy atom. The fourth-order valence-electron chi connectivity index (χ4n) is 1.40. The molecule has 0 saturated carbocycles. The van der Waals surface area contributed by atoms with Crippen LogP contribution in [0.2, 0.25) is 0 Å². The van der Waals surface area contributed by atoms with E-state index in [-0.39, 0.29) is 24.2 Å². The molecule has 4 heteroatoms. The van der Waals surface area contributed by atoms with Crippen LogP contribution in [0.25, 0.3) is 0 Å². The topological polar surface area (TPSA) is 72.3 Å². The molecule has 0 aliphatic rings. The maximum Gasteiger partial charge on any atom is 0.143 e. The Kier molecular flexibility index (Phi) is 4.74. The first kappa shape index (κ1) is 13.1. The van der Waals surface area contributed by atoms with E-state index in [1.807, 2.05) is 19.9 Å². The van der Waals surface area contributed by atoms with Gasteiger partial charge in [-0.25, -0.2) is 0 Å². The van der Waals surface area contributed by atoms with Gasteiger partial charge in [0.1, 0.15) is 5.75 Å². The Morgan fingerprint density at radius 1 is 1.43 bits per heavy atom. The summed E-state index contributed by atoms with van der Waals surface area (Å²) in [6.45, 7) is 3.90. The van der Waals surface area contributed by atoms with Crippen LogP contribution in [0.5, 0.6) is 5.75 Å². The maximum atomic E-state index is 9.67. The van der Waals surface area contributed by atoms with Gasteiger partial charge in [-0.2, -0.15) is 0 Å². The molecule has 1 rings (SSSR count). The normalized spacial score (nSPS) is 11.9. The molecule has 0 saturated heterocycles. The average molecular weight is 217 g/mol. The molecule has 0 aromatic heterocycles. The van der Waals surface area contributed by atoms with Crippen LogP contribution in [0.15, 0.2) is 12.1 Å². The second-order valence-electron chi connectivity index (χ2n) is 3.25. The molecule has 0 heterocycles. The zero-order valence-corrected chi connectivity index (χ0v) is 9.27. The molecule has 0 bridgehead atoms. The van der Waals surface area contributed by atoms with Crippen molar-refractivity contribution in [2.45, 2.75) is 26.3 Å². The van der Waals surface area contributed by atoms with Gasteiger partial charge in [-0.05, 0) is 25.0 Å². The van der Waals surface area contributed by atoms with Crippen LogP contribution >= 0.6 is 12.4 Å². The number of aryl methyl sites for hydroxylation is 1. The molecule has 0 aliphatic carbocycles. The van der Waals surface area contributed by atoms with Crippen LogP contribution in [0.4, 0.5) is 5.69 Å². The van der Waals surface area contributed by atoms with Crippen LogP contribution in [-0.2, 0) is 0 Å². The second-order valence-corrected chi connectivity index (χ2v) is 3.25. The molecule has 1 aromatic carbocycles. The number of anilines is 1. The zero-order chi connectivity index (χ0) is 10.0. The average Bonchev–Trinajstić information content (AvgIpc) is 2.12. The van der Waals surface area contributed by atoms with E-state index in [4.69, 9.17) is 11.5 Å². The highest BCUT2D eigenvalue weighted by Crippen LogP contribution is 2.32. The van der Waals surface area contributed by atoms with E-state index in [1.165, 1.54) is 0 Å². The Labute approximate surface area is 90.5 Å². The van der Waals surface area contributed by atoms with Crippen molar-refractivity contribution in [3.8, 4) is 5.75 Å². The van der Waals surface area contributed by atoms with Crippen LogP contribution in [0, 0.1) is 6.92 Å². The summed E-state index contributed by atoms with van der Waals surface area (Å²) < 4.78 is 0. The monoisotopic (exact) mass is 216 g/mol. The minimum atomic E-state index is -0.136. The Morgan fingerprint density at radius 3 is 2.50 bits per heavy atom. The van der Waals surface area contributed by atoms with Crippen LogP contribution in [0.1, 0.15) is 30.5 Å². The summed E-state index contributed by atoms with van der Waals surface area (Å²) in [5.74, 6) is 0.134. The summed E-state index contributed by atoms with van der Waals surface area (Å²) in [5, 5.41) is 9.67. The number of nitrogen functional groups attached to an aromatic ring is 1. The maximum absolute atomic E-state index is 9.67. The fraction of sp³-hybridized carbons (Fsp3) is 0.400. The van der Waals surface area contributed by atoms with E-state index in [2.05, 4.69) is 0 Å². The van der Waals surface area contributed by atoms with Crippen molar-refractivity contribution >= 4 is 18.1 Å². The van der Waals surface area contributed by atoms with Gasteiger partial charge in [-0.3, -0.25) is 0 Å². The predicted octanol–water partition coefficient (Wildman–Crippen LogP) is 2.11. The molecule has 0 spiro atoms. The number of aromatic hydroxyl groups is 1.